The van der Waals surface area contributed by atoms with Crippen LogP contribution in [0.4, 0.5) is 5.69 Å². The van der Waals surface area contributed by atoms with Gasteiger partial charge in [-0.3, -0.25) is 0 Å². The molecule has 1 aromatic carbocycles. The summed E-state index contributed by atoms with van der Waals surface area (Å²) in [6, 6.07) is 4.34. The van der Waals surface area contributed by atoms with Gasteiger partial charge in [0.05, 0.1) is 5.69 Å². The molecule has 0 saturated heterocycles. The molecule has 0 aliphatic carbocycles. The summed E-state index contributed by atoms with van der Waals surface area (Å²) in [5.74, 6) is 0. The van der Waals surface area contributed by atoms with E-state index in [1.165, 1.54) is 21.3 Å². The van der Waals surface area contributed by atoms with Crippen LogP contribution in [0.5, 0.6) is 0 Å². The Kier molecular flexibility index (Phi) is 3.79. The number of benzene rings is 1. The lowest BCUT2D eigenvalue weighted by atomic mass is 10.1. The molecular formula is C11H16BrN. The average Bonchev–Trinajstić information content (AvgIpc) is 2.02. The molecule has 0 amide bonds. The van der Waals surface area contributed by atoms with Gasteiger partial charge in [-0.15, -0.1) is 0 Å². The van der Waals surface area contributed by atoms with E-state index in [-0.39, 0.29) is 0 Å². The molecule has 1 N–H and O–H groups in total. The van der Waals surface area contributed by atoms with Gasteiger partial charge in [0.15, 0.2) is 0 Å². The maximum Gasteiger partial charge on any atom is 0.0514 e. The van der Waals surface area contributed by atoms with Gasteiger partial charge in [-0.25, -0.2) is 0 Å². The highest BCUT2D eigenvalue weighted by Gasteiger charge is 2.02. The van der Waals surface area contributed by atoms with E-state index in [4.69, 9.17) is 0 Å². The third-order valence-corrected chi connectivity index (χ3v) is 2.61. The van der Waals surface area contributed by atoms with Crippen LogP contribution in [-0.4, -0.2) is 6.54 Å². The Bertz CT molecular complexity index is 271. The van der Waals surface area contributed by atoms with Crippen molar-refractivity contribution in [3.63, 3.8) is 0 Å². The van der Waals surface area contributed by atoms with Crippen LogP contribution in [0.1, 0.15) is 24.5 Å². The van der Waals surface area contributed by atoms with Crippen LogP contribution in [0, 0.1) is 13.8 Å². The minimum atomic E-state index is 1.03. The van der Waals surface area contributed by atoms with Crippen molar-refractivity contribution in [1.82, 2.24) is 0 Å². The van der Waals surface area contributed by atoms with Crippen molar-refractivity contribution in [1.29, 1.82) is 0 Å². The Hall–Kier alpha value is -0.500. The van der Waals surface area contributed by atoms with Gasteiger partial charge in [0, 0.05) is 11.0 Å². The molecule has 0 aliphatic heterocycles. The van der Waals surface area contributed by atoms with E-state index in [0.717, 1.165) is 13.0 Å². The first-order valence-electron chi connectivity index (χ1n) is 4.65. The monoisotopic (exact) mass is 241 g/mol. The fourth-order valence-electron chi connectivity index (χ4n) is 1.39. The summed E-state index contributed by atoms with van der Waals surface area (Å²) < 4.78 is 1.17. The van der Waals surface area contributed by atoms with E-state index in [2.05, 4.69) is 54.2 Å². The number of halogens is 1. The molecule has 2 heteroatoms. The molecule has 0 atom stereocenters. The maximum atomic E-state index is 3.57. The smallest absolute Gasteiger partial charge is 0.0514 e. The van der Waals surface area contributed by atoms with Gasteiger partial charge in [-0.1, -0.05) is 13.0 Å². The zero-order chi connectivity index (χ0) is 9.84. The molecule has 0 fully saturated rings. The number of nitrogens with one attached hydrogen (secondary N) is 1. The number of rotatable bonds is 3. The lowest BCUT2D eigenvalue weighted by Crippen LogP contribution is -2.02. The molecule has 13 heavy (non-hydrogen) atoms. The van der Waals surface area contributed by atoms with Crippen LogP contribution in [0.15, 0.2) is 16.6 Å². The van der Waals surface area contributed by atoms with Gasteiger partial charge < -0.3 is 5.32 Å². The van der Waals surface area contributed by atoms with Gasteiger partial charge in [-0.05, 0) is 53.4 Å². The molecule has 1 rings (SSSR count). The second kappa shape index (κ2) is 4.66. The highest BCUT2D eigenvalue weighted by molar-refractivity contribution is 9.10. The largest absolute Gasteiger partial charge is 0.384 e. The lowest BCUT2D eigenvalue weighted by Gasteiger charge is -2.11. The standard InChI is InChI=1S/C11H16BrN/c1-4-5-13-11-9(3)6-8(2)7-10(11)12/h6-7,13H,4-5H2,1-3H3. The summed E-state index contributed by atoms with van der Waals surface area (Å²) in [5.41, 5.74) is 3.83. The van der Waals surface area contributed by atoms with E-state index in [1.807, 2.05) is 0 Å². The van der Waals surface area contributed by atoms with E-state index in [0.29, 0.717) is 0 Å². The molecule has 0 heterocycles. The summed E-state index contributed by atoms with van der Waals surface area (Å²) in [7, 11) is 0. The van der Waals surface area contributed by atoms with E-state index in [1.54, 1.807) is 0 Å². The van der Waals surface area contributed by atoms with E-state index >= 15 is 0 Å². The Labute approximate surface area is 88.7 Å². The molecular weight excluding hydrogens is 226 g/mol. The third kappa shape index (κ3) is 2.73. The summed E-state index contributed by atoms with van der Waals surface area (Å²) in [4.78, 5) is 0. The molecule has 0 aliphatic rings. The fourth-order valence-corrected chi connectivity index (χ4v) is 2.20. The van der Waals surface area contributed by atoms with Crippen LogP contribution in [0.25, 0.3) is 0 Å². The second-order valence-corrected chi connectivity index (χ2v) is 4.22. The van der Waals surface area contributed by atoms with Crippen molar-refractivity contribution >= 4 is 21.6 Å². The van der Waals surface area contributed by atoms with Crippen molar-refractivity contribution in [3.05, 3.63) is 27.7 Å². The van der Waals surface area contributed by atoms with Crippen LogP contribution in [-0.2, 0) is 0 Å². The maximum absolute atomic E-state index is 3.57. The zero-order valence-corrected chi connectivity index (χ0v) is 10.0. The summed E-state index contributed by atoms with van der Waals surface area (Å²) in [6.45, 7) is 7.45. The Balaban J connectivity index is 2.92. The number of aryl methyl sites for hydroxylation is 2. The van der Waals surface area contributed by atoms with Gasteiger partial charge in [-0.2, -0.15) is 0 Å². The summed E-state index contributed by atoms with van der Waals surface area (Å²) in [6.07, 6.45) is 1.15. The molecule has 0 radical (unpaired) electrons. The van der Waals surface area contributed by atoms with Crippen LogP contribution in [0.2, 0.25) is 0 Å². The zero-order valence-electron chi connectivity index (χ0n) is 8.45. The van der Waals surface area contributed by atoms with Crippen LogP contribution in [0.3, 0.4) is 0 Å². The SMILES string of the molecule is CCCNc1c(C)cc(C)cc1Br. The van der Waals surface area contributed by atoms with Crippen molar-refractivity contribution in [2.75, 3.05) is 11.9 Å². The molecule has 0 aromatic heterocycles. The predicted molar refractivity (Wildman–Crippen MR) is 62.4 cm³/mol. The quantitative estimate of drug-likeness (QED) is 0.847. The Morgan fingerprint density at radius 3 is 2.54 bits per heavy atom. The molecule has 0 spiro atoms. The average molecular weight is 242 g/mol. The molecule has 72 valence electrons. The van der Waals surface area contributed by atoms with Crippen LogP contribution >= 0.6 is 15.9 Å². The summed E-state index contributed by atoms with van der Waals surface area (Å²) in [5, 5.41) is 3.41. The topological polar surface area (TPSA) is 12.0 Å². The minimum Gasteiger partial charge on any atom is -0.384 e. The Morgan fingerprint density at radius 1 is 1.31 bits per heavy atom. The van der Waals surface area contributed by atoms with Crippen LogP contribution < -0.4 is 5.32 Å². The first-order valence-corrected chi connectivity index (χ1v) is 5.45. The van der Waals surface area contributed by atoms with Crippen molar-refractivity contribution in [2.24, 2.45) is 0 Å². The van der Waals surface area contributed by atoms with Gasteiger partial charge >= 0.3 is 0 Å². The van der Waals surface area contributed by atoms with E-state index < -0.39 is 0 Å². The van der Waals surface area contributed by atoms with Gasteiger partial charge in [0.1, 0.15) is 0 Å². The summed E-state index contributed by atoms with van der Waals surface area (Å²) >= 11 is 3.57. The number of hydrogen-bond donors (Lipinski definition) is 1. The molecule has 0 saturated carbocycles. The molecule has 0 bridgehead atoms. The van der Waals surface area contributed by atoms with Crippen molar-refractivity contribution in [2.45, 2.75) is 27.2 Å². The number of anilines is 1. The highest BCUT2D eigenvalue weighted by Crippen LogP contribution is 2.27. The van der Waals surface area contributed by atoms with Crippen molar-refractivity contribution in [3.8, 4) is 0 Å². The Morgan fingerprint density at radius 2 is 2.00 bits per heavy atom. The predicted octanol–water partition coefficient (Wildman–Crippen LogP) is 3.89. The first kappa shape index (κ1) is 10.6. The lowest BCUT2D eigenvalue weighted by molar-refractivity contribution is 0.976. The first-order chi connectivity index (χ1) is 6.15. The second-order valence-electron chi connectivity index (χ2n) is 3.37. The van der Waals surface area contributed by atoms with Crippen molar-refractivity contribution < 1.29 is 0 Å². The fraction of sp³-hybridized carbons (Fsp3) is 0.455. The minimum absolute atomic E-state index is 1.03. The number of hydrogen-bond acceptors (Lipinski definition) is 1. The third-order valence-electron chi connectivity index (χ3n) is 1.98. The molecule has 1 aromatic rings. The molecule has 0 unspecified atom stereocenters. The normalized spacial score (nSPS) is 10.2. The highest BCUT2D eigenvalue weighted by atomic mass is 79.9. The van der Waals surface area contributed by atoms with Gasteiger partial charge in [0.25, 0.3) is 0 Å². The molecule has 1 nitrogen and oxygen atoms in total. The van der Waals surface area contributed by atoms with E-state index in [9.17, 15) is 0 Å². The van der Waals surface area contributed by atoms with Gasteiger partial charge in [0.2, 0.25) is 0 Å².